The van der Waals surface area contributed by atoms with Crippen molar-refractivity contribution in [1.29, 1.82) is 0 Å². The van der Waals surface area contributed by atoms with Crippen LogP contribution in [0, 0.1) is 5.92 Å². The number of benzene rings is 2. The number of carbonyl (C=O) groups is 1. The van der Waals surface area contributed by atoms with E-state index in [0.29, 0.717) is 12.5 Å². The van der Waals surface area contributed by atoms with Gasteiger partial charge in [-0.1, -0.05) is 69.1 Å². The zero-order valence-corrected chi connectivity index (χ0v) is 18.5. The average Bonchev–Trinajstić information content (AvgIpc) is 2.73. The molecule has 0 aromatic heterocycles. The second-order valence-corrected chi connectivity index (χ2v) is 9.04. The highest BCUT2D eigenvalue weighted by Crippen LogP contribution is 2.49. The minimum absolute atomic E-state index is 0.154. The predicted molar refractivity (Wildman–Crippen MR) is 121 cm³/mol. The molecule has 5 heteroatoms. The number of anilines is 2. The van der Waals surface area contributed by atoms with Crippen LogP contribution in [0.15, 0.2) is 58.3 Å². The third kappa shape index (κ3) is 4.69. The fraction of sp³-hybridized carbons (Fsp3) is 0.435. The Hall–Kier alpha value is -1.59. The van der Waals surface area contributed by atoms with Gasteiger partial charge in [0.2, 0.25) is 0 Å². The summed E-state index contributed by atoms with van der Waals surface area (Å²) in [6.45, 7) is 4.89. The van der Waals surface area contributed by atoms with Crippen LogP contribution in [0.4, 0.5) is 11.4 Å². The summed E-state index contributed by atoms with van der Waals surface area (Å²) in [5, 5.41) is -0.396. The molecule has 0 N–H and O–H groups in total. The van der Waals surface area contributed by atoms with Crippen molar-refractivity contribution < 1.29 is 9.53 Å². The normalized spacial score (nSPS) is 14.8. The summed E-state index contributed by atoms with van der Waals surface area (Å²) in [7, 11) is 0. The molecule has 0 fully saturated rings. The number of para-hydroxylation sites is 2. The number of carbonyl (C=O) groups excluding carboxylic acids is 1. The molecule has 0 radical (unpaired) electrons. The monoisotopic (exact) mass is 415 g/mol. The molecule has 2 aromatic rings. The Balaban J connectivity index is 1.83. The summed E-state index contributed by atoms with van der Waals surface area (Å²) in [5.41, 5.74) is 2.14. The van der Waals surface area contributed by atoms with Crippen LogP contribution in [-0.2, 0) is 9.53 Å². The minimum Gasteiger partial charge on any atom is -0.463 e. The minimum atomic E-state index is -0.396. The highest BCUT2D eigenvalue weighted by Gasteiger charge is 2.34. The molecule has 1 heterocycles. The second kappa shape index (κ2) is 10.3. The van der Waals surface area contributed by atoms with Gasteiger partial charge < -0.3 is 9.64 Å². The lowest BCUT2D eigenvalue weighted by Gasteiger charge is -2.36. The highest BCUT2D eigenvalue weighted by molar-refractivity contribution is 8.00. The topological polar surface area (TPSA) is 29.5 Å². The number of hydrogen-bond donors (Lipinski definition) is 0. The molecule has 2 unspecified atom stereocenters. The molecule has 0 bridgehead atoms. The lowest BCUT2D eigenvalue weighted by molar-refractivity contribution is -0.144. The van der Waals surface area contributed by atoms with Gasteiger partial charge in [-0.2, -0.15) is 0 Å². The van der Waals surface area contributed by atoms with Gasteiger partial charge in [0.15, 0.2) is 5.37 Å². The molecule has 28 heavy (non-hydrogen) atoms. The first-order valence-corrected chi connectivity index (χ1v) is 12.1. The number of fused-ring (bicyclic) bond motifs is 2. The van der Waals surface area contributed by atoms with Crippen LogP contribution < -0.4 is 4.90 Å². The van der Waals surface area contributed by atoms with Crippen molar-refractivity contribution in [1.82, 2.24) is 0 Å². The molecule has 0 amide bonds. The molecule has 2 aromatic carbocycles. The second-order valence-electron chi connectivity index (χ2n) is 7.04. The number of unbranched alkanes of at least 4 members (excludes halogenated alkanes) is 1. The largest absolute Gasteiger partial charge is 0.463 e. The SMILES string of the molecule is CCCCC(CC)COC(=O)C(SC)N1c2ccccc2Sc2ccccc21. The molecule has 0 saturated carbocycles. The zero-order chi connectivity index (χ0) is 19.9. The van der Waals surface area contributed by atoms with Gasteiger partial charge >= 0.3 is 5.97 Å². The third-order valence-corrected chi connectivity index (χ3v) is 7.11. The first kappa shape index (κ1) is 21.1. The van der Waals surface area contributed by atoms with Crippen molar-refractivity contribution in [2.45, 2.75) is 54.7 Å². The lowest BCUT2D eigenvalue weighted by Crippen LogP contribution is -2.38. The van der Waals surface area contributed by atoms with Gasteiger partial charge in [0.1, 0.15) is 0 Å². The fourth-order valence-electron chi connectivity index (χ4n) is 3.46. The van der Waals surface area contributed by atoms with E-state index < -0.39 is 5.37 Å². The fourth-order valence-corrected chi connectivity index (χ4v) is 5.23. The van der Waals surface area contributed by atoms with Crippen molar-refractivity contribution in [2.24, 2.45) is 5.92 Å². The van der Waals surface area contributed by atoms with Gasteiger partial charge in [-0.05, 0) is 42.9 Å². The first-order chi connectivity index (χ1) is 13.7. The number of hydrogen-bond acceptors (Lipinski definition) is 5. The summed E-state index contributed by atoms with van der Waals surface area (Å²) in [4.78, 5) is 17.6. The van der Waals surface area contributed by atoms with Gasteiger partial charge in [0.05, 0.1) is 18.0 Å². The summed E-state index contributed by atoms with van der Waals surface area (Å²) >= 11 is 3.28. The number of thioether (sulfide) groups is 1. The van der Waals surface area contributed by atoms with Crippen LogP contribution in [0.5, 0.6) is 0 Å². The molecular weight excluding hydrogens is 386 g/mol. The van der Waals surface area contributed by atoms with Gasteiger partial charge in [0, 0.05) is 9.79 Å². The van der Waals surface area contributed by atoms with Crippen LogP contribution in [0.1, 0.15) is 39.5 Å². The number of esters is 1. The summed E-state index contributed by atoms with van der Waals surface area (Å²) < 4.78 is 5.82. The van der Waals surface area contributed by atoms with E-state index in [1.54, 1.807) is 11.8 Å². The smallest absolute Gasteiger partial charge is 0.339 e. The van der Waals surface area contributed by atoms with Crippen molar-refractivity contribution in [3.05, 3.63) is 48.5 Å². The molecule has 1 aliphatic heterocycles. The molecule has 0 aliphatic carbocycles. The number of rotatable bonds is 9. The maximum atomic E-state index is 13.1. The maximum absolute atomic E-state index is 13.1. The summed E-state index contributed by atoms with van der Waals surface area (Å²) in [6, 6.07) is 16.6. The van der Waals surface area contributed by atoms with E-state index in [-0.39, 0.29) is 5.97 Å². The van der Waals surface area contributed by atoms with E-state index >= 15 is 0 Å². The molecular formula is C23H29NO2S2. The highest BCUT2D eigenvalue weighted by atomic mass is 32.2. The van der Waals surface area contributed by atoms with E-state index in [4.69, 9.17) is 4.74 Å². The van der Waals surface area contributed by atoms with E-state index in [1.807, 2.05) is 30.5 Å². The van der Waals surface area contributed by atoms with Crippen LogP contribution in [0.3, 0.4) is 0 Å². The van der Waals surface area contributed by atoms with Gasteiger partial charge in [-0.15, -0.1) is 11.8 Å². The molecule has 1 aliphatic rings. The Bertz CT molecular complexity index is 750. The van der Waals surface area contributed by atoms with Crippen LogP contribution in [0.25, 0.3) is 0 Å². The Labute approximate surface area is 177 Å². The summed E-state index contributed by atoms with van der Waals surface area (Å²) in [6.07, 6.45) is 6.51. The molecule has 0 saturated heterocycles. The lowest BCUT2D eigenvalue weighted by atomic mass is 10.0. The van der Waals surface area contributed by atoms with Crippen LogP contribution in [-0.4, -0.2) is 24.2 Å². The van der Waals surface area contributed by atoms with Crippen molar-refractivity contribution in [3.8, 4) is 0 Å². The van der Waals surface area contributed by atoms with E-state index in [1.165, 1.54) is 34.4 Å². The Morgan fingerprint density at radius 1 is 1.07 bits per heavy atom. The predicted octanol–water partition coefficient (Wildman–Crippen LogP) is 6.74. The van der Waals surface area contributed by atoms with E-state index in [0.717, 1.165) is 24.2 Å². The van der Waals surface area contributed by atoms with Crippen molar-refractivity contribution in [2.75, 3.05) is 17.8 Å². The zero-order valence-electron chi connectivity index (χ0n) is 16.9. The Morgan fingerprint density at radius 3 is 2.21 bits per heavy atom. The quantitative estimate of drug-likeness (QED) is 0.423. The maximum Gasteiger partial charge on any atom is 0.339 e. The number of ether oxygens (including phenoxy) is 1. The summed E-state index contributed by atoms with van der Waals surface area (Å²) in [5.74, 6) is 0.293. The number of nitrogens with zero attached hydrogens (tertiary/aromatic N) is 1. The van der Waals surface area contributed by atoms with Gasteiger partial charge in [-0.3, -0.25) is 0 Å². The van der Waals surface area contributed by atoms with E-state index in [2.05, 4.69) is 43.0 Å². The molecule has 0 spiro atoms. The van der Waals surface area contributed by atoms with Gasteiger partial charge in [-0.25, -0.2) is 4.79 Å². The standard InChI is InChI=1S/C23H29NO2S2/c1-4-6-11-17(5-2)16-26-23(25)22(27-3)24-18-12-7-9-14-20(18)28-21-15-10-8-13-19(21)24/h7-10,12-15,17,22H,4-6,11,16H2,1-3H3. The van der Waals surface area contributed by atoms with Gasteiger partial charge in [0.25, 0.3) is 0 Å². The Morgan fingerprint density at radius 2 is 1.68 bits per heavy atom. The van der Waals surface area contributed by atoms with E-state index in [9.17, 15) is 4.79 Å². The molecule has 2 atom stereocenters. The Kier molecular flexibility index (Phi) is 7.74. The van der Waals surface area contributed by atoms with Crippen LogP contribution >= 0.6 is 23.5 Å². The molecule has 150 valence electrons. The van der Waals surface area contributed by atoms with Crippen LogP contribution in [0.2, 0.25) is 0 Å². The molecule has 3 nitrogen and oxygen atoms in total. The molecule has 3 rings (SSSR count). The average molecular weight is 416 g/mol. The van der Waals surface area contributed by atoms with Crippen molar-refractivity contribution in [3.63, 3.8) is 0 Å². The van der Waals surface area contributed by atoms with Crippen molar-refractivity contribution >= 4 is 40.9 Å². The third-order valence-electron chi connectivity index (χ3n) is 5.13. The first-order valence-electron chi connectivity index (χ1n) is 10.0.